The summed E-state index contributed by atoms with van der Waals surface area (Å²) in [5.41, 5.74) is -2.07. The third kappa shape index (κ3) is 4.20. The van der Waals surface area contributed by atoms with Crippen LogP contribution in [0.1, 0.15) is 23.7 Å². The van der Waals surface area contributed by atoms with E-state index in [2.05, 4.69) is 10.1 Å². The number of ether oxygens (including phenoxy) is 1. The molecular weight excluding hydrogens is 290 g/mol. The maximum atomic E-state index is 13.7. The van der Waals surface area contributed by atoms with Crippen LogP contribution in [0, 0.1) is 21.7 Å². The average molecular weight is 302 g/mol. The summed E-state index contributed by atoms with van der Waals surface area (Å²) in [6.45, 7) is 1.56. The molecule has 0 saturated heterocycles. The van der Waals surface area contributed by atoms with Crippen LogP contribution in [0.5, 0.6) is 0 Å². The number of nitrogens with one attached hydrogen (secondary N) is 1. The highest BCUT2D eigenvalue weighted by molar-refractivity contribution is 5.95. The summed E-state index contributed by atoms with van der Waals surface area (Å²) < 4.78 is 31.7. The van der Waals surface area contributed by atoms with Crippen molar-refractivity contribution in [2.75, 3.05) is 13.2 Å². The van der Waals surface area contributed by atoms with Crippen LogP contribution >= 0.6 is 0 Å². The molecule has 9 heteroatoms. The van der Waals surface area contributed by atoms with Gasteiger partial charge < -0.3 is 10.1 Å². The van der Waals surface area contributed by atoms with Gasteiger partial charge in [0, 0.05) is 12.6 Å². The topological polar surface area (TPSA) is 98.5 Å². The van der Waals surface area contributed by atoms with Crippen molar-refractivity contribution in [3.63, 3.8) is 0 Å². The van der Waals surface area contributed by atoms with Gasteiger partial charge in [-0.3, -0.25) is 19.7 Å². The lowest BCUT2D eigenvalue weighted by atomic mass is 10.1. The van der Waals surface area contributed by atoms with Gasteiger partial charge in [-0.25, -0.2) is 4.39 Å². The largest absolute Gasteiger partial charge is 0.466 e. The third-order valence-electron chi connectivity index (χ3n) is 2.41. The van der Waals surface area contributed by atoms with Crippen molar-refractivity contribution in [3.05, 3.63) is 39.4 Å². The lowest BCUT2D eigenvalue weighted by Crippen LogP contribution is -2.28. The minimum atomic E-state index is -1.56. The SMILES string of the molecule is CCOC(=O)CCNC(=O)c1c(F)ccc([N+](=O)[O-])c1F. The first-order valence-corrected chi connectivity index (χ1v) is 5.94. The van der Waals surface area contributed by atoms with Gasteiger partial charge in [0.2, 0.25) is 5.82 Å². The Bertz CT molecular complexity index is 577. The normalized spacial score (nSPS) is 10.0. The predicted octanol–water partition coefficient (Wildman–Crippen LogP) is 1.56. The van der Waals surface area contributed by atoms with Crippen molar-refractivity contribution in [2.45, 2.75) is 13.3 Å². The van der Waals surface area contributed by atoms with Gasteiger partial charge in [-0.2, -0.15) is 4.39 Å². The zero-order chi connectivity index (χ0) is 16.0. The Morgan fingerprint density at radius 1 is 1.38 bits per heavy atom. The summed E-state index contributed by atoms with van der Waals surface area (Å²) in [6, 6.07) is 1.25. The summed E-state index contributed by atoms with van der Waals surface area (Å²) >= 11 is 0. The van der Waals surface area contributed by atoms with E-state index in [1.54, 1.807) is 6.92 Å². The van der Waals surface area contributed by atoms with E-state index in [0.717, 1.165) is 0 Å². The standard InChI is InChI=1S/C12H12F2N2O5/c1-2-21-9(17)5-6-15-12(18)10-7(13)3-4-8(11(10)14)16(19)20/h3-4H,2,5-6H2,1H3,(H,15,18). The van der Waals surface area contributed by atoms with Crippen LogP contribution in [0.15, 0.2) is 12.1 Å². The molecule has 0 fully saturated rings. The monoisotopic (exact) mass is 302 g/mol. The molecule has 0 spiro atoms. The molecule has 0 saturated carbocycles. The van der Waals surface area contributed by atoms with Crippen molar-refractivity contribution in [1.82, 2.24) is 5.32 Å². The van der Waals surface area contributed by atoms with E-state index in [0.29, 0.717) is 12.1 Å². The van der Waals surface area contributed by atoms with Crippen LogP contribution in [0.25, 0.3) is 0 Å². The molecule has 0 aliphatic carbocycles. The van der Waals surface area contributed by atoms with Gasteiger partial charge in [-0.15, -0.1) is 0 Å². The van der Waals surface area contributed by atoms with Gasteiger partial charge in [0.05, 0.1) is 18.0 Å². The number of hydrogen-bond acceptors (Lipinski definition) is 5. The summed E-state index contributed by atoms with van der Waals surface area (Å²) in [5, 5.41) is 12.6. The highest BCUT2D eigenvalue weighted by Gasteiger charge is 2.26. The fourth-order valence-electron chi connectivity index (χ4n) is 1.49. The molecular formula is C12H12F2N2O5. The maximum Gasteiger partial charge on any atom is 0.307 e. The number of nitro benzene ring substituents is 1. The predicted molar refractivity (Wildman–Crippen MR) is 66.6 cm³/mol. The molecule has 0 radical (unpaired) electrons. The lowest BCUT2D eigenvalue weighted by Gasteiger charge is -2.07. The van der Waals surface area contributed by atoms with E-state index >= 15 is 0 Å². The molecule has 0 aliphatic rings. The number of nitro groups is 1. The van der Waals surface area contributed by atoms with Crippen LogP contribution in [0.3, 0.4) is 0 Å². The second-order valence-corrected chi connectivity index (χ2v) is 3.82. The minimum Gasteiger partial charge on any atom is -0.466 e. The molecule has 21 heavy (non-hydrogen) atoms. The molecule has 0 aromatic heterocycles. The molecule has 0 aliphatic heterocycles. The Morgan fingerprint density at radius 3 is 2.62 bits per heavy atom. The number of rotatable bonds is 6. The van der Waals surface area contributed by atoms with E-state index in [1.165, 1.54) is 0 Å². The first kappa shape index (κ1) is 16.5. The van der Waals surface area contributed by atoms with E-state index in [-0.39, 0.29) is 19.6 Å². The second-order valence-electron chi connectivity index (χ2n) is 3.82. The van der Waals surface area contributed by atoms with Gasteiger partial charge in [-0.1, -0.05) is 0 Å². The maximum absolute atomic E-state index is 13.7. The van der Waals surface area contributed by atoms with Crippen LogP contribution < -0.4 is 5.32 Å². The van der Waals surface area contributed by atoms with Crippen molar-refractivity contribution < 1.29 is 28.0 Å². The lowest BCUT2D eigenvalue weighted by molar-refractivity contribution is -0.387. The summed E-state index contributed by atoms with van der Waals surface area (Å²) in [4.78, 5) is 32.1. The number of halogens is 2. The number of carbonyl (C=O) groups excluding carboxylic acids is 2. The van der Waals surface area contributed by atoms with E-state index in [4.69, 9.17) is 0 Å². The summed E-state index contributed by atoms with van der Waals surface area (Å²) in [7, 11) is 0. The molecule has 114 valence electrons. The molecule has 1 N–H and O–H groups in total. The number of amides is 1. The van der Waals surface area contributed by atoms with Gasteiger partial charge in [0.1, 0.15) is 11.4 Å². The van der Waals surface area contributed by atoms with Crippen LogP contribution in [-0.4, -0.2) is 30.0 Å². The molecule has 7 nitrogen and oxygen atoms in total. The van der Waals surface area contributed by atoms with Gasteiger partial charge in [0.25, 0.3) is 5.91 Å². The number of carbonyl (C=O) groups is 2. The van der Waals surface area contributed by atoms with Crippen molar-refractivity contribution >= 4 is 17.6 Å². The Labute approximate surface area is 118 Å². The molecule has 1 aromatic rings. The van der Waals surface area contributed by atoms with Crippen LogP contribution in [0.4, 0.5) is 14.5 Å². The fourth-order valence-corrected chi connectivity index (χ4v) is 1.49. The minimum absolute atomic E-state index is 0.168. The quantitative estimate of drug-likeness (QED) is 0.488. The van der Waals surface area contributed by atoms with E-state index in [1.807, 2.05) is 0 Å². The van der Waals surface area contributed by atoms with Crippen LogP contribution in [0.2, 0.25) is 0 Å². The summed E-state index contributed by atoms with van der Waals surface area (Å²) in [5.74, 6) is -4.56. The number of esters is 1. The smallest absolute Gasteiger partial charge is 0.307 e. The number of hydrogen-bond donors (Lipinski definition) is 1. The number of nitrogens with zero attached hydrogens (tertiary/aromatic N) is 1. The molecule has 0 heterocycles. The van der Waals surface area contributed by atoms with Gasteiger partial charge in [-0.05, 0) is 13.0 Å². The zero-order valence-electron chi connectivity index (χ0n) is 11.0. The Hall–Kier alpha value is -2.58. The second kappa shape index (κ2) is 7.27. The molecule has 0 atom stereocenters. The molecule has 1 aromatic carbocycles. The molecule has 1 amide bonds. The van der Waals surface area contributed by atoms with Crippen molar-refractivity contribution in [1.29, 1.82) is 0 Å². The molecule has 0 bridgehead atoms. The van der Waals surface area contributed by atoms with Crippen molar-refractivity contribution in [3.8, 4) is 0 Å². The van der Waals surface area contributed by atoms with Gasteiger partial charge >= 0.3 is 11.7 Å². The number of benzene rings is 1. The van der Waals surface area contributed by atoms with Crippen molar-refractivity contribution in [2.24, 2.45) is 0 Å². The third-order valence-corrected chi connectivity index (χ3v) is 2.41. The van der Waals surface area contributed by atoms with E-state index in [9.17, 15) is 28.5 Å². The summed E-state index contributed by atoms with van der Waals surface area (Å²) in [6.07, 6.45) is -0.183. The fraction of sp³-hybridized carbons (Fsp3) is 0.333. The molecule has 0 unspecified atom stereocenters. The van der Waals surface area contributed by atoms with E-state index < -0.39 is 39.7 Å². The highest BCUT2D eigenvalue weighted by atomic mass is 19.1. The first-order valence-electron chi connectivity index (χ1n) is 5.94. The zero-order valence-corrected chi connectivity index (χ0v) is 11.0. The molecule has 1 rings (SSSR count). The average Bonchev–Trinajstić information content (AvgIpc) is 2.38. The Morgan fingerprint density at radius 2 is 2.05 bits per heavy atom. The highest BCUT2D eigenvalue weighted by Crippen LogP contribution is 2.22. The van der Waals surface area contributed by atoms with Gasteiger partial charge in [0.15, 0.2) is 0 Å². The van der Waals surface area contributed by atoms with Crippen LogP contribution in [-0.2, 0) is 9.53 Å². The Kier molecular flexibility index (Phi) is 5.70. The first-order chi connectivity index (χ1) is 9.88. The Balaban J connectivity index is 2.81.